The van der Waals surface area contributed by atoms with Gasteiger partial charge in [0.05, 0.1) is 19.6 Å². The van der Waals surface area contributed by atoms with E-state index in [0.717, 1.165) is 5.56 Å². The van der Waals surface area contributed by atoms with Crippen molar-refractivity contribution in [1.29, 1.82) is 0 Å². The Balaban J connectivity index is 2.56. The molecule has 0 aliphatic rings. The molecule has 0 amide bonds. The third-order valence-corrected chi connectivity index (χ3v) is 2.71. The molecule has 0 saturated heterocycles. The Bertz CT molecular complexity index is 394. The summed E-state index contributed by atoms with van der Waals surface area (Å²) in [7, 11) is 1.57. The highest BCUT2D eigenvalue weighted by Gasteiger charge is 2.16. The Kier molecular flexibility index (Phi) is 5.61. The van der Waals surface area contributed by atoms with E-state index >= 15 is 0 Å². The molecule has 0 aliphatic carbocycles. The van der Waals surface area contributed by atoms with Crippen LogP contribution in [-0.2, 0) is 4.79 Å². The molecule has 1 aromatic rings. The highest BCUT2D eigenvalue weighted by Crippen LogP contribution is 2.21. The van der Waals surface area contributed by atoms with Crippen molar-refractivity contribution >= 4 is 5.97 Å². The largest absolute Gasteiger partial charge is 0.497 e. The van der Waals surface area contributed by atoms with Crippen molar-refractivity contribution in [2.24, 2.45) is 0 Å². The SMILES string of the molecule is COc1cccc(C(O)C(C)NCCC(=O)O)c1. The third kappa shape index (κ3) is 4.35. The lowest BCUT2D eigenvalue weighted by Gasteiger charge is -2.20. The van der Waals surface area contributed by atoms with Gasteiger partial charge in [0.15, 0.2) is 0 Å². The molecule has 2 atom stereocenters. The zero-order valence-corrected chi connectivity index (χ0v) is 10.6. The minimum atomic E-state index is -0.856. The standard InChI is InChI=1S/C13H19NO4/c1-9(14-7-6-12(15)16)13(17)10-4-3-5-11(8-10)18-2/h3-5,8-9,13-14,17H,6-7H2,1-2H3,(H,15,16). The van der Waals surface area contributed by atoms with Crippen LogP contribution >= 0.6 is 0 Å². The number of rotatable bonds is 7. The van der Waals surface area contributed by atoms with Crippen LogP contribution in [0.2, 0.25) is 0 Å². The number of aliphatic hydroxyl groups excluding tert-OH is 1. The Morgan fingerprint density at radius 2 is 2.22 bits per heavy atom. The summed E-state index contributed by atoms with van der Waals surface area (Å²) in [6.45, 7) is 2.14. The van der Waals surface area contributed by atoms with E-state index in [1.54, 1.807) is 25.3 Å². The van der Waals surface area contributed by atoms with E-state index in [0.29, 0.717) is 12.3 Å². The van der Waals surface area contributed by atoms with E-state index in [2.05, 4.69) is 5.32 Å². The average molecular weight is 253 g/mol. The van der Waals surface area contributed by atoms with Gasteiger partial charge in [0.25, 0.3) is 0 Å². The van der Waals surface area contributed by atoms with E-state index in [9.17, 15) is 9.90 Å². The van der Waals surface area contributed by atoms with Gasteiger partial charge in [-0.2, -0.15) is 0 Å². The number of hydrogen-bond acceptors (Lipinski definition) is 4. The minimum absolute atomic E-state index is 0.0369. The van der Waals surface area contributed by atoms with Crippen LogP contribution in [0.3, 0.4) is 0 Å². The van der Waals surface area contributed by atoms with E-state index in [4.69, 9.17) is 9.84 Å². The lowest BCUT2D eigenvalue weighted by Crippen LogP contribution is -2.33. The van der Waals surface area contributed by atoms with Crippen LogP contribution in [0, 0.1) is 0 Å². The summed E-state index contributed by atoms with van der Waals surface area (Å²) in [5.41, 5.74) is 0.740. The fourth-order valence-electron chi connectivity index (χ4n) is 1.63. The van der Waals surface area contributed by atoms with Crippen LogP contribution in [0.5, 0.6) is 5.75 Å². The van der Waals surface area contributed by atoms with Gasteiger partial charge in [-0.1, -0.05) is 12.1 Å². The van der Waals surface area contributed by atoms with Gasteiger partial charge in [-0.25, -0.2) is 0 Å². The minimum Gasteiger partial charge on any atom is -0.497 e. The van der Waals surface area contributed by atoms with Gasteiger partial charge in [-0.15, -0.1) is 0 Å². The summed E-state index contributed by atoms with van der Waals surface area (Å²) in [4.78, 5) is 10.4. The molecule has 100 valence electrons. The van der Waals surface area contributed by atoms with Gasteiger partial charge in [-0.3, -0.25) is 4.79 Å². The Morgan fingerprint density at radius 1 is 1.50 bits per heavy atom. The summed E-state index contributed by atoms with van der Waals surface area (Å²) in [6, 6.07) is 6.96. The predicted octanol–water partition coefficient (Wildman–Crippen LogP) is 1.18. The number of carboxylic acids is 1. The van der Waals surface area contributed by atoms with Crippen LogP contribution in [0.15, 0.2) is 24.3 Å². The molecule has 0 aliphatic heterocycles. The molecule has 2 unspecified atom stereocenters. The molecule has 5 heteroatoms. The molecule has 0 aromatic heterocycles. The normalized spacial score (nSPS) is 13.9. The van der Waals surface area contributed by atoms with Crippen molar-refractivity contribution in [3.8, 4) is 5.75 Å². The third-order valence-electron chi connectivity index (χ3n) is 2.71. The average Bonchev–Trinajstić information content (AvgIpc) is 2.37. The Hall–Kier alpha value is -1.59. The van der Waals surface area contributed by atoms with E-state index in [-0.39, 0.29) is 12.5 Å². The maximum atomic E-state index is 10.4. The number of aliphatic hydroxyl groups is 1. The van der Waals surface area contributed by atoms with Gasteiger partial charge in [0.2, 0.25) is 0 Å². The fraction of sp³-hybridized carbons (Fsp3) is 0.462. The van der Waals surface area contributed by atoms with E-state index in [1.165, 1.54) is 0 Å². The molecule has 0 saturated carbocycles. The summed E-state index contributed by atoms with van der Waals surface area (Å²) >= 11 is 0. The second-order valence-electron chi connectivity index (χ2n) is 4.11. The number of benzene rings is 1. The van der Waals surface area contributed by atoms with Gasteiger partial charge in [-0.05, 0) is 24.6 Å². The number of methoxy groups -OCH3 is 1. The number of ether oxygens (including phenoxy) is 1. The second-order valence-corrected chi connectivity index (χ2v) is 4.11. The number of aliphatic carboxylic acids is 1. The molecule has 0 heterocycles. The van der Waals surface area contributed by atoms with Gasteiger partial charge in [0, 0.05) is 12.6 Å². The molecule has 0 spiro atoms. The molecule has 0 radical (unpaired) electrons. The van der Waals surface area contributed by atoms with Gasteiger partial charge in [0.1, 0.15) is 5.75 Å². The summed E-state index contributed by atoms with van der Waals surface area (Å²) in [5.74, 6) is -0.171. The van der Waals surface area contributed by atoms with Gasteiger partial charge >= 0.3 is 5.97 Å². The molecule has 0 bridgehead atoms. The summed E-state index contributed by atoms with van der Waals surface area (Å²) in [6.07, 6.45) is -0.663. The van der Waals surface area contributed by atoms with Crippen molar-refractivity contribution in [1.82, 2.24) is 5.32 Å². The Labute approximate surface area is 106 Å². The monoisotopic (exact) mass is 253 g/mol. The van der Waals surface area contributed by atoms with Crippen molar-refractivity contribution in [2.75, 3.05) is 13.7 Å². The molecular formula is C13H19NO4. The van der Waals surface area contributed by atoms with Crippen molar-refractivity contribution in [3.63, 3.8) is 0 Å². The number of carbonyl (C=O) groups is 1. The van der Waals surface area contributed by atoms with Crippen molar-refractivity contribution in [3.05, 3.63) is 29.8 Å². The lowest BCUT2D eigenvalue weighted by atomic mass is 10.0. The summed E-state index contributed by atoms with van der Waals surface area (Å²) in [5, 5.41) is 21.6. The first-order chi connectivity index (χ1) is 8.54. The molecule has 18 heavy (non-hydrogen) atoms. The highest BCUT2D eigenvalue weighted by molar-refractivity contribution is 5.66. The fourth-order valence-corrected chi connectivity index (χ4v) is 1.63. The first-order valence-electron chi connectivity index (χ1n) is 5.81. The Morgan fingerprint density at radius 3 is 2.83 bits per heavy atom. The lowest BCUT2D eigenvalue weighted by molar-refractivity contribution is -0.136. The zero-order chi connectivity index (χ0) is 13.5. The quantitative estimate of drug-likeness (QED) is 0.680. The maximum absolute atomic E-state index is 10.4. The first-order valence-corrected chi connectivity index (χ1v) is 5.81. The van der Waals surface area contributed by atoms with Crippen LogP contribution in [0.25, 0.3) is 0 Å². The zero-order valence-electron chi connectivity index (χ0n) is 10.6. The van der Waals surface area contributed by atoms with Crippen molar-refractivity contribution in [2.45, 2.75) is 25.5 Å². The number of carboxylic acid groups (broad SMARTS) is 1. The van der Waals surface area contributed by atoms with Crippen LogP contribution < -0.4 is 10.1 Å². The predicted molar refractivity (Wildman–Crippen MR) is 67.7 cm³/mol. The van der Waals surface area contributed by atoms with E-state index in [1.807, 2.05) is 13.0 Å². The van der Waals surface area contributed by atoms with Gasteiger partial charge < -0.3 is 20.3 Å². The molecular weight excluding hydrogens is 234 g/mol. The number of hydrogen-bond donors (Lipinski definition) is 3. The highest BCUT2D eigenvalue weighted by atomic mass is 16.5. The smallest absolute Gasteiger partial charge is 0.304 e. The van der Waals surface area contributed by atoms with Crippen molar-refractivity contribution < 1.29 is 19.7 Å². The number of nitrogens with one attached hydrogen (secondary N) is 1. The van der Waals surface area contributed by atoms with E-state index < -0.39 is 12.1 Å². The topological polar surface area (TPSA) is 78.8 Å². The molecule has 1 aromatic carbocycles. The molecule has 5 nitrogen and oxygen atoms in total. The summed E-state index contributed by atoms with van der Waals surface area (Å²) < 4.78 is 5.09. The molecule has 1 rings (SSSR count). The molecule has 3 N–H and O–H groups in total. The van der Waals surface area contributed by atoms with Crippen LogP contribution in [-0.4, -0.2) is 35.9 Å². The second kappa shape index (κ2) is 6.98. The molecule has 0 fully saturated rings. The maximum Gasteiger partial charge on any atom is 0.304 e. The van der Waals surface area contributed by atoms with Crippen LogP contribution in [0.4, 0.5) is 0 Å². The van der Waals surface area contributed by atoms with Crippen LogP contribution in [0.1, 0.15) is 25.0 Å². The first kappa shape index (κ1) is 14.5.